The van der Waals surface area contributed by atoms with Gasteiger partial charge in [0.05, 0.1) is 13.2 Å². The maximum Gasteiger partial charge on any atom is 0.383 e. The van der Waals surface area contributed by atoms with Gasteiger partial charge in [0.15, 0.2) is 5.76 Å². The zero-order valence-corrected chi connectivity index (χ0v) is 10.0. The molecule has 0 aliphatic carbocycles. The summed E-state index contributed by atoms with van der Waals surface area (Å²) in [6, 6.07) is 0. The number of cyclic esters (lactones) is 1. The molecule has 0 spiro atoms. The Hall–Kier alpha value is -1.45. The van der Waals surface area contributed by atoms with E-state index in [4.69, 9.17) is 14.2 Å². The quantitative estimate of drug-likeness (QED) is 0.653. The number of ether oxygens (including phenoxy) is 3. The predicted molar refractivity (Wildman–Crippen MR) is 59.4 cm³/mol. The molecule has 0 aromatic rings. The Morgan fingerprint density at radius 1 is 1.12 bits per heavy atom. The van der Waals surface area contributed by atoms with Crippen molar-refractivity contribution in [1.82, 2.24) is 0 Å². The van der Waals surface area contributed by atoms with Gasteiger partial charge < -0.3 is 14.2 Å². The number of allylic oxidation sites excluding steroid dienone is 1. The number of carbonyl (C=O) groups is 1. The average Bonchev–Trinajstić information content (AvgIpc) is 2.55. The van der Waals surface area contributed by atoms with Crippen LogP contribution in [0.2, 0.25) is 0 Å². The Kier molecular flexibility index (Phi) is 4.89. The molecule has 16 heavy (non-hydrogen) atoms. The smallest absolute Gasteiger partial charge is 0.383 e. The minimum Gasteiger partial charge on any atom is -0.487 e. The Labute approximate surface area is 95.9 Å². The summed E-state index contributed by atoms with van der Waals surface area (Å²) in [4.78, 5) is 11.5. The molecule has 0 saturated carbocycles. The molecular weight excluding hydrogens is 208 g/mol. The third kappa shape index (κ3) is 2.78. The van der Waals surface area contributed by atoms with E-state index in [-0.39, 0.29) is 5.76 Å². The van der Waals surface area contributed by atoms with E-state index in [1.807, 2.05) is 19.9 Å². The molecule has 1 aliphatic heterocycles. The maximum atomic E-state index is 11.5. The molecule has 0 atom stereocenters. The Morgan fingerprint density at radius 2 is 1.75 bits per heavy atom. The number of hydrogen-bond donors (Lipinski definition) is 0. The van der Waals surface area contributed by atoms with E-state index in [1.54, 1.807) is 0 Å². The van der Waals surface area contributed by atoms with Crippen LogP contribution in [0, 0.1) is 0 Å². The summed E-state index contributed by atoms with van der Waals surface area (Å²) < 4.78 is 15.7. The van der Waals surface area contributed by atoms with Gasteiger partial charge in [-0.1, -0.05) is 13.3 Å². The van der Waals surface area contributed by atoms with Crippen molar-refractivity contribution in [3.63, 3.8) is 0 Å². The summed E-state index contributed by atoms with van der Waals surface area (Å²) in [5.74, 6) is 0.638. The highest BCUT2D eigenvalue weighted by molar-refractivity contribution is 5.91. The second-order valence-electron chi connectivity index (χ2n) is 3.27. The van der Waals surface area contributed by atoms with Crippen LogP contribution in [0.5, 0.6) is 0 Å². The molecule has 0 radical (unpaired) electrons. The lowest BCUT2D eigenvalue weighted by Crippen LogP contribution is -2.03. The van der Waals surface area contributed by atoms with Gasteiger partial charge in [0, 0.05) is 0 Å². The average molecular weight is 226 g/mol. The van der Waals surface area contributed by atoms with Crippen molar-refractivity contribution in [2.45, 2.75) is 33.6 Å². The molecule has 0 fully saturated rings. The zero-order chi connectivity index (χ0) is 12.0. The Bertz CT molecular complexity index is 315. The minimum atomic E-state index is -0.465. The second-order valence-corrected chi connectivity index (χ2v) is 3.27. The van der Waals surface area contributed by atoms with E-state index < -0.39 is 5.97 Å². The van der Waals surface area contributed by atoms with E-state index in [9.17, 15) is 4.79 Å². The van der Waals surface area contributed by atoms with Crippen molar-refractivity contribution in [3.8, 4) is 0 Å². The second kappa shape index (κ2) is 6.20. The van der Waals surface area contributed by atoms with Crippen LogP contribution in [-0.2, 0) is 19.0 Å². The van der Waals surface area contributed by atoms with Crippen LogP contribution in [-0.4, -0.2) is 19.2 Å². The first-order chi connectivity index (χ1) is 7.74. The maximum absolute atomic E-state index is 11.5. The van der Waals surface area contributed by atoms with Crippen LogP contribution >= 0.6 is 0 Å². The van der Waals surface area contributed by atoms with E-state index in [0.29, 0.717) is 24.7 Å². The highest BCUT2D eigenvalue weighted by Gasteiger charge is 2.32. The van der Waals surface area contributed by atoms with Crippen molar-refractivity contribution >= 4 is 5.97 Å². The van der Waals surface area contributed by atoms with Crippen LogP contribution in [0.4, 0.5) is 0 Å². The number of carbonyl (C=O) groups excluding carboxylic acids is 1. The van der Waals surface area contributed by atoms with Gasteiger partial charge in [-0.15, -0.1) is 0 Å². The summed E-state index contributed by atoms with van der Waals surface area (Å²) in [5, 5.41) is 0. The first-order valence-corrected chi connectivity index (χ1v) is 5.67. The standard InChI is InChI=1S/C12H18O4/c1-4-7-8-9-10(14-5-2)11(15-6-3)12(13)16-9/h8H,4-7H2,1-3H3/b9-8+. The lowest BCUT2D eigenvalue weighted by Gasteiger charge is -2.05. The highest BCUT2D eigenvalue weighted by Crippen LogP contribution is 2.28. The Morgan fingerprint density at radius 3 is 2.31 bits per heavy atom. The fourth-order valence-corrected chi connectivity index (χ4v) is 1.36. The van der Waals surface area contributed by atoms with Gasteiger partial charge >= 0.3 is 5.97 Å². The number of esters is 1. The van der Waals surface area contributed by atoms with Crippen molar-refractivity contribution in [2.24, 2.45) is 0 Å². The third-order valence-electron chi connectivity index (χ3n) is 2.01. The molecule has 1 aliphatic rings. The predicted octanol–water partition coefficient (Wildman–Crippen LogP) is 2.51. The molecular formula is C12H18O4. The number of unbranched alkanes of at least 4 members (excludes halogenated alkanes) is 1. The highest BCUT2D eigenvalue weighted by atomic mass is 16.6. The molecule has 0 bridgehead atoms. The van der Waals surface area contributed by atoms with Gasteiger partial charge in [0.1, 0.15) is 0 Å². The van der Waals surface area contributed by atoms with Gasteiger partial charge in [0.25, 0.3) is 5.76 Å². The van der Waals surface area contributed by atoms with Crippen LogP contribution in [0.25, 0.3) is 0 Å². The normalized spacial score (nSPS) is 17.9. The Balaban J connectivity index is 2.92. The van der Waals surface area contributed by atoms with Crippen molar-refractivity contribution in [2.75, 3.05) is 13.2 Å². The molecule has 0 aromatic carbocycles. The summed E-state index contributed by atoms with van der Waals surface area (Å²) >= 11 is 0. The molecule has 4 nitrogen and oxygen atoms in total. The SMILES string of the molecule is CCC/C=C1/OC(=O)C(OCC)=C1OCC. The molecule has 4 heteroatoms. The fraction of sp³-hybridized carbons (Fsp3) is 0.583. The molecule has 1 heterocycles. The molecule has 0 amide bonds. The van der Waals surface area contributed by atoms with E-state index in [1.165, 1.54) is 0 Å². The van der Waals surface area contributed by atoms with Crippen molar-refractivity contribution in [1.29, 1.82) is 0 Å². The van der Waals surface area contributed by atoms with Gasteiger partial charge in [-0.3, -0.25) is 0 Å². The van der Waals surface area contributed by atoms with Gasteiger partial charge in [-0.05, 0) is 26.3 Å². The molecule has 0 aromatic heterocycles. The lowest BCUT2D eigenvalue weighted by atomic mass is 10.2. The monoisotopic (exact) mass is 226 g/mol. The van der Waals surface area contributed by atoms with Crippen molar-refractivity contribution in [3.05, 3.63) is 23.4 Å². The number of hydrogen-bond acceptors (Lipinski definition) is 4. The van der Waals surface area contributed by atoms with Crippen LogP contribution < -0.4 is 0 Å². The molecule has 0 unspecified atom stereocenters. The van der Waals surface area contributed by atoms with Crippen LogP contribution in [0.3, 0.4) is 0 Å². The van der Waals surface area contributed by atoms with Gasteiger partial charge in [-0.25, -0.2) is 4.79 Å². The van der Waals surface area contributed by atoms with Crippen LogP contribution in [0.15, 0.2) is 23.4 Å². The molecule has 0 N–H and O–H groups in total. The fourth-order valence-electron chi connectivity index (χ4n) is 1.36. The molecule has 90 valence electrons. The topological polar surface area (TPSA) is 44.8 Å². The van der Waals surface area contributed by atoms with Gasteiger partial charge in [0.2, 0.25) is 5.76 Å². The van der Waals surface area contributed by atoms with Crippen LogP contribution in [0.1, 0.15) is 33.6 Å². The van der Waals surface area contributed by atoms with E-state index in [0.717, 1.165) is 12.8 Å². The zero-order valence-electron chi connectivity index (χ0n) is 10.0. The summed E-state index contributed by atoms with van der Waals surface area (Å²) in [7, 11) is 0. The minimum absolute atomic E-state index is 0.187. The van der Waals surface area contributed by atoms with Gasteiger partial charge in [-0.2, -0.15) is 0 Å². The summed E-state index contributed by atoms with van der Waals surface area (Å²) in [5.41, 5.74) is 0. The lowest BCUT2D eigenvalue weighted by molar-refractivity contribution is -0.136. The number of rotatable bonds is 6. The van der Waals surface area contributed by atoms with E-state index >= 15 is 0 Å². The van der Waals surface area contributed by atoms with E-state index in [2.05, 4.69) is 6.92 Å². The van der Waals surface area contributed by atoms with Crippen molar-refractivity contribution < 1.29 is 19.0 Å². The largest absolute Gasteiger partial charge is 0.487 e. The summed E-state index contributed by atoms with van der Waals surface area (Å²) in [6.07, 6.45) is 3.69. The first kappa shape index (κ1) is 12.6. The molecule has 0 saturated heterocycles. The molecule has 1 rings (SSSR count). The third-order valence-corrected chi connectivity index (χ3v) is 2.01. The first-order valence-electron chi connectivity index (χ1n) is 5.67. The summed E-state index contributed by atoms with van der Waals surface area (Å²) in [6.45, 7) is 6.63.